The molecule has 5 heteroatoms. The number of hydrazine groups is 1. The zero-order chi connectivity index (χ0) is 9.26. The molecule has 0 aromatic heterocycles. The first-order valence-electron chi connectivity index (χ1n) is 4.06. The van der Waals surface area contributed by atoms with Gasteiger partial charge in [0.15, 0.2) is 0 Å². The average molecular weight is 198 g/mol. The Bertz CT molecular complexity index is 299. The number of ether oxygens (including phenoxy) is 1. The van der Waals surface area contributed by atoms with Crippen molar-refractivity contribution in [2.75, 3.05) is 12.4 Å². The number of carbonyl (C=O) groups is 1. The normalized spacial score (nSPS) is 19.0. The number of carbonyl (C=O) groups excluding carboxylic acids is 1. The minimum Gasteiger partial charge on any atom is -0.448 e. The highest BCUT2D eigenvalue weighted by atomic mass is 32.2. The largest absolute Gasteiger partial charge is 0.448 e. The Balaban J connectivity index is 2.03. The van der Waals surface area contributed by atoms with Crippen molar-refractivity contribution in [1.29, 1.82) is 0 Å². The van der Waals surface area contributed by atoms with Gasteiger partial charge < -0.3 is 4.74 Å². The van der Waals surface area contributed by atoms with Crippen molar-refractivity contribution >= 4 is 17.9 Å². The number of nitrogens with zero attached hydrogens (tertiary/aromatic N) is 1. The van der Waals surface area contributed by atoms with E-state index in [0.29, 0.717) is 6.61 Å². The lowest BCUT2D eigenvalue weighted by Crippen LogP contribution is -2.34. The summed E-state index contributed by atoms with van der Waals surface area (Å²) < 4.78 is 4.84. The van der Waals surface area contributed by atoms with Crippen LogP contribution in [0.1, 0.15) is 6.92 Å². The van der Waals surface area contributed by atoms with Crippen LogP contribution in [0.25, 0.3) is 0 Å². The van der Waals surface area contributed by atoms with Crippen molar-refractivity contribution in [2.45, 2.75) is 6.92 Å². The van der Waals surface area contributed by atoms with E-state index < -0.39 is 0 Å². The van der Waals surface area contributed by atoms with Crippen LogP contribution in [0.4, 0.5) is 4.79 Å². The van der Waals surface area contributed by atoms with Crippen LogP contribution in [0.3, 0.4) is 0 Å². The molecular formula is C8H10N2O2S. The van der Waals surface area contributed by atoms with Gasteiger partial charge in [0.1, 0.15) is 0 Å². The van der Waals surface area contributed by atoms with Gasteiger partial charge in [-0.1, -0.05) is 0 Å². The molecule has 4 nitrogen and oxygen atoms in total. The third-order valence-corrected chi connectivity index (χ3v) is 2.66. The van der Waals surface area contributed by atoms with Crippen LogP contribution in [-0.2, 0) is 4.74 Å². The Morgan fingerprint density at radius 2 is 2.69 bits per heavy atom. The van der Waals surface area contributed by atoms with Gasteiger partial charge in [0.05, 0.1) is 12.3 Å². The van der Waals surface area contributed by atoms with Gasteiger partial charge in [-0.15, -0.1) is 11.8 Å². The van der Waals surface area contributed by atoms with Crippen LogP contribution in [0.5, 0.6) is 0 Å². The van der Waals surface area contributed by atoms with E-state index in [1.54, 1.807) is 24.9 Å². The van der Waals surface area contributed by atoms with Crippen molar-refractivity contribution in [3.8, 4) is 0 Å². The van der Waals surface area contributed by atoms with E-state index in [4.69, 9.17) is 4.74 Å². The molecule has 0 atom stereocenters. The van der Waals surface area contributed by atoms with E-state index in [-0.39, 0.29) is 6.09 Å². The molecule has 1 N–H and O–H groups in total. The molecular weight excluding hydrogens is 188 g/mol. The van der Waals surface area contributed by atoms with Gasteiger partial charge >= 0.3 is 6.09 Å². The monoisotopic (exact) mass is 198 g/mol. The molecule has 0 aliphatic carbocycles. The number of allylic oxidation sites excluding steroid dienone is 1. The fourth-order valence-electron chi connectivity index (χ4n) is 1.18. The smallest absolute Gasteiger partial charge is 0.432 e. The number of amides is 1. The number of hydrogen-bond acceptors (Lipinski definition) is 4. The topological polar surface area (TPSA) is 41.6 Å². The molecule has 0 fully saturated rings. The molecule has 0 aromatic rings. The first-order valence-corrected chi connectivity index (χ1v) is 5.11. The zero-order valence-corrected chi connectivity index (χ0v) is 8.06. The number of thioether (sulfide) groups is 1. The number of hydrogen-bond donors (Lipinski definition) is 1. The Kier molecular flexibility index (Phi) is 2.18. The third kappa shape index (κ3) is 1.51. The van der Waals surface area contributed by atoms with Crippen molar-refractivity contribution in [3.63, 3.8) is 0 Å². The van der Waals surface area contributed by atoms with Crippen molar-refractivity contribution in [1.82, 2.24) is 10.4 Å². The van der Waals surface area contributed by atoms with Gasteiger partial charge in [0.2, 0.25) is 0 Å². The van der Waals surface area contributed by atoms with E-state index in [1.807, 2.05) is 5.41 Å². The van der Waals surface area contributed by atoms with Gasteiger partial charge in [-0.3, -0.25) is 5.43 Å². The summed E-state index contributed by atoms with van der Waals surface area (Å²) in [5, 5.41) is 3.38. The quantitative estimate of drug-likeness (QED) is 0.692. The predicted octanol–water partition coefficient (Wildman–Crippen LogP) is 1.44. The van der Waals surface area contributed by atoms with Gasteiger partial charge in [0, 0.05) is 17.5 Å². The maximum atomic E-state index is 11.2. The highest BCUT2D eigenvalue weighted by Gasteiger charge is 2.25. The lowest BCUT2D eigenvalue weighted by molar-refractivity contribution is 0.114. The molecule has 0 spiro atoms. The van der Waals surface area contributed by atoms with E-state index in [9.17, 15) is 4.79 Å². The maximum Gasteiger partial charge on any atom is 0.432 e. The Morgan fingerprint density at radius 3 is 3.38 bits per heavy atom. The molecule has 70 valence electrons. The SMILES string of the molecule is CCOC(=O)N1C=C2CSC=C2N1. The summed E-state index contributed by atoms with van der Waals surface area (Å²) in [5.74, 6) is 0.929. The molecule has 0 saturated carbocycles. The van der Waals surface area contributed by atoms with Crippen molar-refractivity contribution in [3.05, 3.63) is 22.9 Å². The van der Waals surface area contributed by atoms with Crippen LogP contribution >= 0.6 is 11.8 Å². The van der Waals surface area contributed by atoms with Crippen molar-refractivity contribution < 1.29 is 9.53 Å². The standard InChI is InChI=1S/C8H10N2O2S/c1-2-12-8(11)10-3-6-4-13-5-7(6)9-10/h3,5,9H,2,4H2,1H3. The summed E-state index contributed by atoms with van der Waals surface area (Å²) >= 11 is 1.72. The highest BCUT2D eigenvalue weighted by molar-refractivity contribution is 8.02. The third-order valence-electron chi connectivity index (χ3n) is 1.78. The van der Waals surface area contributed by atoms with Gasteiger partial charge in [0.25, 0.3) is 0 Å². The molecule has 13 heavy (non-hydrogen) atoms. The second kappa shape index (κ2) is 3.33. The first kappa shape index (κ1) is 8.50. The predicted molar refractivity (Wildman–Crippen MR) is 50.6 cm³/mol. The van der Waals surface area contributed by atoms with Gasteiger partial charge in [-0.2, -0.15) is 5.01 Å². The van der Waals surface area contributed by atoms with E-state index in [0.717, 1.165) is 17.0 Å². The van der Waals surface area contributed by atoms with Crippen LogP contribution < -0.4 is 5.43 Å². The lowest BCUT2D eigenvalue weighted by Gasteiger charge is -2.13. The summed E-state index contributed by atoms with van der Waals surface area (Å²) in [5.41, 5.74) is 5.11. The molecule has 0 radical (unpaired) electrons. The highest BCUT2D eigenvalue weighted by Crippen LogP contribution is 2.29. The molecule has 2 heterocycles. The van der Waals surface area contributed by atoms with E-state index in [1.165, 1.54) is 5.01 Å². The Hall–Kier alpha value is -1.10. The summed E-state index contributed by atoms with van der Waals surface area (Å²) in [6.07, 6.45) is 1.43. The minimum atomic E-state index is -0.352. The molecule has 2 rings (SSSR count). The summed E-state index contributed by atoms with van der Waals surface area (Å²) in [7, 11) is 0. The summed E-state index contributed by atoms with van der Waals surface area (Å²) in [4.78, 5) is 11.2. The van der Waals surface area contributed by atoms with Crippen molar-refractivity contribution in [2.24, 2.45) is 0 Å². The maximum absolute atomic E-state index is 11.2. The number of nitrogens with one attached hydrogen (secondary N) is 1. The van der Waals surface area contributed by atoms with Crippen LogP contribution in [0.15, 0.2) is 22.9 Å². The second-order valence-corrected chi connectivity index (χ2v) is 3.54. The minimum absolute atomic E-state index is 0.352. The number of fused-ring (bicyclic) bond motifs is 1. The molecule has 0 saturated heterocycles. The lowest BCUT2D eigenvalue weighted by atomic mass is 10.3. The van der Waals surface area contributed by atoms with Gasteiger partial charge in [-0.25, -0.2) is 4.79 Å². The van der Waals surface area contributed by atoms with E-state index in [2.05, 4.69) is 5.43 Å². The van der Waals surface area contributed by atoms with Crippen LogP contribution in [0.2, 0.25) is 0 Å². The van der Waals surface area contributed by atoms with Crippen LogP contribution in [0, 0.1) is 0 Å². The zero-order valence-electron chi connectivity index (χ0n) is 7.24. The number of rotatable bonds is 1. The average Bonchev–Trinajstić information content (AvgIpc) is 2.61. The molecule has 0 bridgehead atoms. The first-order chi connectivity index (χ1) is 6.31. The summed E-state index contributed by atoms with van der Waals surface area (Å²) in [6, 6.07) is 0. The van der Waals surface area contributed by atoms with Gasteiger partial charge in [-0.05, 0) is 12.3 Å². The molecule has 2 aliphatic heterocycles. The Morgan fingerprint density at radius 1 is 1.85 bits per heavy atom. The Labute approximate surface area is 80.6 Å². The molecule has 0 unspecified atom stereocenters. The fourth-order valence-corrected chi connectivity index (χ4v) is 2.05. The molecule has 1 amide bonds. The van der Waals surface area contributed by atoms with Crippen LogP contribution in [-0.4, -0.2) is 23.5 Å². The molecule has 0 aromatic carbocycles. The second-order valence-electron chi connectivity index (χ2n) is 2.68. The fraction of sp³-hybridized carbons (Fsp3) is 0.375. The van der Waals surface area contributed by atoms with E-state index >= 15 is 0 Å². The molecule has 2 aliphatic rings. The summed E-state index contributed by atoms with van der Waals surface area (Å²) in [6.45, 7) is 2.19.